The number of nitrogens with one attached hydrogen (secondary N) is 1. The largest absolute Gasteiger partial charge is 0.497 e. The Morgan fingerprint density at radius 3 is 2.66 bits per heavy atom. The topological polar surface area (TPSA) is 101 Å². The number of nitrogens with zero attached hydrogens (tertiary/aromatic N) is 1. The highest BCUT2D eigenvalue weighted by atomic mass is 16.5. The van der Waals surface area contributed by atoms with Gasteiger partial charge in [0.05, 0.1) is 31.9 Å². The summed E-state index contributed by atoms with van der Waals surface area (Å²) in [4.78, 5) is 17.8. The highest BCUT2D eigenvalue weighted by Crippen LogP contribution is 2.53. The van der Waals surface area contributed by atoms with Crippen LogP contribution in [0.4, 0.5) is 5.82 Å². The first-order valence-electron chi connectivity index (χ1n) is 11.9. The second-order valence-electron chi connectivity index (χ2n) is 9.48. The van der Waals surface area contributed by atoms with Crippen LogP contribution in [-0.4, -0.2) is 40.9 Å². The van der Waals surface area contributed by atoms with Gasteiger partial charge in [0.25, 0.3) is 0 Å². The van der Waals surface area contributed by atoms with Gasteiger partial charge in [-0.2, -0.15) is 0 Å². The molecule has 5 rings (SSSR count). The van der Waals surface area contributed by atoms with Gasteiger partial charge in [-0.05, 0) is 65.9 Å². The second-order valence-corrected chi connectivity index (χ2v) is 9.48. The molecule has 1 aliphatic carbocycles. The van der Waals surface area contributed by atoms with Crippen molar-refractivity contribution >= 4 is 11.8 Å². The lowest BCUT2D eigenvalue weighted by molar-refractivity contribution is -0.142. The van der Waals surface area contributed by atoms with Crippen molar-refractivity contribution in [1.82, 2.24) is 4.98 Å². The summed E-state index contributed by atoms with van der Waals surface area (Å²) in [5.41, 5.74) is 5.02. The molecule has 2 aromatic carbocycles. The zero-order valence-electron chi connectivity index (χ0n) is 20.1. The number of carboxylic acids is 1. The zero-order chi connectivity index (χ0) is 24.7. The smallest absolute Gasteiger partial charge is 0.308 e. The Balaban J connectivity index is 1.71. The second kappa shape index (κ2) is 9.23. The number of hydrogen-bond acceptors (Lipinski definition) is 6. The number of fused-ring (bicyclic) bond motifs is 2. The molecule has 2 heterocycles. The van der Waals surface area contributed by atoms with Crippen LogP contribution < -0.4 is 14.8 Å². The third kappa shape index (κ3) is 4.10. The molecule has 7 heteroatoms. The molecule has 0 saturated heterocycles. The van der Waals surface area contributed by atoms with E-state index in [1.807, 2.05) is 50.2 Å². The highest BCUT2D eigenvalue weighted by Gasteiger charge is 2.48. The monoisotopic (exact) mass is 474 g/mol. The van der Waals surface area contributed by atoms with E-state index >= 15 is 0 Å². The molecule has 2 aliphatic rings. The molecule has 0 saturated carbocycles. The number of aliphatic hydroxyl groups excluding tert-OH is 1. The van der Waals surface area contributed by atoms with Gasteiger partial charge in [0.1, 0.15) is 17.3 Å². The Labute approximate surface area is 204 Å². The molecule has 0 fully saturated rings. The number of carbonyl (C=O) groups is 1. The fourth-order valence-electron chi connectivity index (χ4n) is 5.47. The van der Waals surface area contributed by atoms with E-state index in [4.69, 9.17) is 14.5 Å². The van der Waals surface area contributed by atoms with E-state index in [9.17, 15) is 15.0 Å². The average molecular weight is 475 g/mol. The van der Waals surface area contributed by atoms with Crippen molar-refractivity contribution < 1.29 is 24.5 Å². The van der Waals surface area contributed by atoms with E-state index in [1.54, 1.807) is 19.2 Å². The number of aliphatic hydroxyl groups is 1. The lowest BCUT2D eigenvalue weighted by Crippen LogP contribution is -2.25. The molecule has 0 spiro atoms. The number of aromatic nitrogens is 1. The van der Waals surface area contributed by atoms with E-state index in [-0.39, 0.29) is 12.6 Å². The molecule has 0 unspecified atom stereocenters. The van der Waals surface area contributed by atoms with Crippen LogP contribution >= 0.6 is 0 Å². The SMILES string of the molecule is COc1ccc([C@@H]2c3nc(NC(C)C)ccc3[C@H](c3ccc4c(c3)OCC4)[C@H]2C(=O)O)c(CO)c1. The quantitative estimate of drug-likeness (QED) is 0.469. The van der Waals surface area contributed by atoms with Crippen molar-refractivity contribution in [2.45, 2.75) is 44.8 Å². The molecule has 3 N–H and O–H groups in total. The van der Waals surface area contributed by atoms with Gasteiger partial charge in [0.2, 0.25) is 0 Å². The van der Waals surface area contributed by atoms with Crippen LogP contribution in [0.25, 0.3) is 0 Å². The van der Waals surface area contributed by atoms with Crippen LogP contribution in [-0.2, 0) is 17.8 Å². The molecule has 0 amide bonds. The standard InChI is InChI=1S/C28H30N2O5/c1-15(2)29-23-9-8-21-24(17-5-4-16-10-11-35-22(16)13-17)26(28(32)33)25(27(21)30-23)20-7-6-19(34-3)12-18(20)14-31/h4-9,12-13,15,24-26,31H,10-11,14H2,1-3H3,(H,29,30)(H,32,33)/t24-,25-,26+/m0/s1. The van der Waals surface area contributed by atoms with Gasteiger partial charge in [0, 0.05) is 24.3 Å². The van der Waals surface area contributed by atoms with Crippen LogP contribution in [0, 0.1) is 5.92 Å². The van der Waals surface area contributed by atoms with Crippen molar-refractivity contribution in [3.8, 4) is 11.5 Å². The molecule has 3 aromatic rings. The Bertz CT molecular complexity index is 1270. The molecule has 0 bridgehead atoms. The van der Waals surface area contributed by atoms with Gasteiger partial charge in [-0.1, -0.05) is 24.3 Å². The minimum Gasteiger partial charge on any atom is -0.497 e. The zero-order valence-corrected chi connectivity index (χ0v) is 20.1. The maximum absolute atomic E-state index is 12.9. The van der Waals surface area contributed by atoms with Crippen LogP contribution in [0.3, 0.4) is 0 Å². The summed E-state index contributed by atoms with van der Waals surface area (Å²) in [6, 6.07) is 15.5. The fraction of sp³-hybridized carbons (Fsp3) is 0.357. The third-order valence-electron chi connectivity index (χ3n) is 6.96. The van der Waals surface area contributed by atoms with Crippen molar-refractivity contribution in [2.24, 2.45) is 5.92 Å². The summed E-state index contributed by atoms with van der Waals surface area (Å²) in [6.45, 7) is 4.48. The maximum atomic E-state index is 12.9. The molecule has 182 valence electrons. The summed E-state index contributed by atoms with van der Waals surface area (Å²) in [5, 5.41) is 24.1. The number of methoxy groups -OCH3 is 1. The first kappa shape index (κ1) is 23.2. The first-order chi connectivity index (χ1) is 16.9. The third-order valence-corrected chi connectivity index (χ3v) is 6.96. The van der Waals surface area contributed by atoms with Crippen LogP contribution in [0.1, 0.15) is 59.2 Å². The summed E-state index contributed by atoms with van der Waals surface area (Å²) in [5.74, 6) is -0.520. The number of rotatable bonds is 7. The van der Waals surface area contributed by atoms with Crippen LogP contribution in [0.2, 0.25) is 0 Å². The molecular weight excluding hydrogens is 444 g/mol. The number of aliphatic carboxylic acids is 1. The first-order valence-corrected chi connectivity index (χ1v) is 11.9. The van der Waals surface area contributed by atoms with Crippen LogP contribution in [0.5, 0.6) is 11.5 Å². The van der Waals surface area contributed by atoms with Gasteiger partial charge in [-0.3, -0.25) is 4.79 Å². The van der Waals surface area contributed by atoms with Crippen molar-refractivity contribution in [2.75, 3.05) is 19.0 Å². The maximum Gasteiger partial charge on any atom is 0.308 e. The van der Waals surface area contributed by atoms with Gasteiger partial charge in [-0.25, -0.2) is 4.98 Å². The van der Waals surface area contributed by atoms with Gasteiger partial charge < -0.3 is 25.0 Å². The average Bonchev–Trinajstić information content (AvgIpc) is 3.44. The van der Waals surface area contributed by atoms with E-state index < -0.39 is 23.7 Å². The Morgan fingerprint density at radius 2 is 1.94 bits per heavy atom. The van der Waals surface area contributed by atoms with Crippen LogP contribution in [0.15, 0.2) is 48.5 Å². The van der Waals surface area contributed by atoms with Gasteiger partial charge >= 0.3 is 5.97 Å². The molecule has 35 heavy (non-hydrogen) atoms. The van der Waals surface area contributed by atoms with E-state index in [1.165, 1.54) is 0 Å². The minimum absolute atomic E-state index is 0.175. The summed E-state index contributed by atoms with van der Waals surface area (Å²) < 4.78 is 11.1. The molecule has 3 atom stereocenters. The number of anilines is 1. The lowest BCUT2D eigenvalue weighted by atomic mass is 9.78. The van der Waals surface area contributed by atoms with E-state index in [0.29, 0.717) is 29.4 Å². The number of benzene rings is 2. The Hall–Kier alpha value is -3.58. The van der Waals surface area contributed by atoms with Crippen molar-refractivity contribution in [3.05, 3.63) is 82.0 Å². The molecule has 1 aliphatic heterocycles. The minimum atomic E-state index is -0.905. The normalized spacial score (nSPS) is 20.3. The summed E-state index contributed by atoms with van der Waals surface area (Å²) in [7, 11) is 1.57. The predicted octanol–water partition coefficient (Wildman–Crippen LogP) is 4.32. The number of pyridine rings is 1. The Morgan fingerprint density at radius 1 is 1.14 bits per heavy atom. The molecule has 0 radical (unpaired) electrons. The van der Waals surface area contributed by atoms with Crippen molar-refractivity contribution in [3.63, 3.8) is 0 Å². The Kier molecular flexibility index (Phi) is 6.11. The number of hydrogen-bond donors (Lipinski definition) is 3. The summed E-state index contributed by atoms with van der Waals surface area (Å²) >= 11 is 0. The highest BCUT2D eigenvalue weighted by molar-refractivity contribution is 5.78. The van der Waals surface area contributed by atoms with Gasteiger partial charge in [0.15, 0.2) is 0 Å². The number of carboxylic acid groups (broad SMARTS) is 1. The molecule has 7 nitrogen and oxygen atoms in total. The van der Waals surface area contributed by atoms with E-state index in [2.05, 4.69) is 5.32 Å². The lowest BCUT2D eigenvalue weighted by Gasteiger charge is -2.24. The van der Waals surface area contributed by atoms with Gasteiger partial charge in [-0.15, -0.1) is 0 Å². The molecule has 1 aromatic heterocycles. The predicted molar refractivity (Wildman–Crippen MR) is 132 cm³/mol. The van der Waals surface area contributed by atoms with Crippen molar-refractivity contribution in [1.29, 1.82) is 0 Å². The number of ether oxygens (including phenoxy) is 2. The van der Waals surface area contributed by atoms with E-state index in [0.717, 1.165) is 34.4 Å². The summed E-state index contributed by atoms with van der Waals surface area (Å²) in [6.07, 6.45) is 0.860. The molecular formula is C28H30N2O5. The fourth-order valence-corrected chi connectivity index (χ4v) is 5.47.